The normalized spacial score (nSPS) is 20.8. The molecule has 1 fully saturated rings. The van der Waals surface area contributed by atoms with Crippen molar-refractivity contribution >= 4 is 5.97 Å². The predicted octanol–water partition coefficient (Wildman–Crippen LogP) is 1.10. The highest BCUT2D eigenvalue weighted by molar-refractivity contribution is 5.70. The summed E-state index contributed by atoms with van der Waals surface area (Å²) in [5.74, 6) is -0.203. The lowest BCUT2D eigenvalue weighted by atomic mass is 9.84. The van der Waals surface area contributed by atoms with E-state index >= 15 is 0 Å². The van der Waals surface area contributed by atoms with Gasteiger partial charge < -0.3 is 9.84 Å². The van der Waals surface area contributed by atoms with Crippen LogP contribution in [0.25, 0.3) is 0 Å². The van der Waals surface area contributed by atoms with Crippen molar-refractivity contribution in [2.45, 2.75) is 32.1 Å². The Bertz CT molecular complexity index is 159. The van der Waals surface area contributed by atoms with Crippen LogP contribution in [0.15, 0.2) is 0 Å². The van der Waals surface area contributed by atoms with Crippen LogP contribution in [-0.2, 0) is 9.53 Å². The van der Waals surface area contributed by atoms with Crippen molar-refractivity contribution in [3.05, 3.63) is 0 Å². The summed E-state index contributed by atoms with van der Waals surface area (Å²) in [6, 6.07) is 0. The quantitative estimate of drug-likeness (QED) is 0.648. The molecule has 3 nitrogen and oxygen atoms in total. The first-order valence-electron chi connectivity index (χ1n) is 4.40. The molecule has 1 aliphatic rings. The van der Waals surface area contributed by atoms with E-state index in [2.05, 4.69) is 4.74 Å². The number of methoxy groups -OCH3 is 1. The molecule has 1 saturated carbocycles. The average molecular weight is 172 g/mol. The van der Waals surface area contributed by atoms with Crippen LogP contribution in [0.5, 0.6) is 0 Å². The highest BCUT2D eigenvalue weighted by atomic mass is 16.5. The number of hydrogen-bond donors (Lipinski definition) is 1. The van der Waals surface area contributed by atoms with Gasteiger partial charge >= 0.3 is 5.97 Å². The third-order valence-corrected chi connectivity index (χ3v) is 2.75. The zero-order chi connectivity index (χ0) is 9.03. The Morgan fingerprint density at radius 1 is 1.50 bits per heavy atom. The first-order valence-corrected chi connectivity index (χ1v) is 4.40. The Hall–Kier alpha value is -0.570. The molecule has 0 aromatic heterocycles. The van der Waals surface area contributed by atoms with Gasteiger partial charge in [0.2, 0.25) is 0 Å². The van der Waals surface area contributed by atoms with Gasteiger partial charge in [-0.05, 0) is 12.8 Å². The molecular formula is C9H16O3. The van der Waals surface area contributed by atoms with Gasteiger partial charge in [-0.25, -0.2) is 0 Å². The summed E-state index contributed by atoms with van der Waals surface area (Å²) in [4.78, 5) is 11.0. The molecule has 0 bridgehead atoms. The van der Waals surface area contributed by atoms with Crippen LogP contribution in [0, 0.1) is 5.41 Å². The summed E-state index contributed by atoms with van der Waals surface area (Å²) in [6.45, 7) is 0.113. The maximum Gasteiger partial charge on any atom is 0.306 e. The van der Waals surface area contributed by atoms with E-state index in [9.17, 15) is 4.79 Å². The van der Waals surface area contributed by atoms with E-state index in [1.54, 1.807) is 0 Å². The van der Waals surface area contributed by atoms with Crippen LogP contribution >= 0.6 is 0 Å². The Morgan fingerprint density at radius 2 is 2.08 bits per heavy atom. The Balaban J connectivity index is 2.49. The van der Waals surface area contributed by atoms with E-state index in [0.29, 0.717) is 6.42 Å². The SMILES string of the molecule is COC(=O)CC1(CO)CCCC1. The zero-order valence-corrected chi connectivity index (χ0v) is 7.51. The Kier molecular flexibility index (Phi) is 3.09. The molecule has 1 N–H and O–H groups in total. The summed E-state index contributed by atoms with van der Waals surface area (Å²) < 4.78 is 4.59. The summed E-state index contributed by atoms with van der Waals surface area (Å²) in [6.07, 6.45) is 4.53. The van der Waals surface area contributed by atoms with Crippen LogP contribution in [0.3, 0.4) is 0 Å². The van der Waals surface area contributed by atoms with Crippen molar-refractivity contribution in [2.75, 3.05) is 13.7 Å². The minimum atomic E-state index is -0.203. The molecule has 0 spiro atoms. The molecule has 70 valence electrons. The van der Waals surface area contributed by atoms with Crippen molar-refractivity contribution in [3.63, 3.8) is 0 Å². The van der Waals surface area contributed by atoms with Gasteiger partial charge in [-0.2, -0.15) is 0 Å². The smallest absolute Gasteiger partial charge is 0.306 e. The fraction of sp³-hybridized carbons (Fsp3) is 0.889. The second-order valence-corrected chi connectivity index (χ2v) is 3.62. The highest BCUT2D eigenvalue weighted by Crippen LogP contribution is 2.40. The number of esters is 1. The van der Waals surface area contributed by atoms with Gasteiger partial charge in [0.25, 0.3) is 0 Å². The number of aliphatic hydroxyl groups excluding tert-OH is 1. The van der Waals surface area contributed by atoms with Crippen LogP contribution < -0.4 is 0 Å². The fourth-order valence-corrected chi connectivity index (χ4v) is 1.89. The molecule has 0 radical (unpaired) electrons. The van der Waals surface area contributed by atoms with Crippen molar-refractivity contribution in [1.82, 2.24) is 0 Å². The molecule has 0 amide bonds. The summed E-state index contributed by atoms with van der Waals surface area (Å²) in [5.41, 5.74) is -0.160. The van der Waals surface area contributed by atoms with Crippen molar-refractivity contribution in [1.29, 1.82) is 0 Å². The van der Waals surface area contributed by atoms with Crippen LogP contribution in [0.2, 0.25) is 0 Å². The van der Waals surface area contributed by atoms with Gasteiger partial charge in [0.15, 0.2) is 0 Å². The van der Waals surface area contributed by atoms with Gasteiger partial charge in [0.1, 0.15) is 0 Å². The van der Waals surface area contributed by atoms with Crippen LogP contribution in [-0.4, -0.2) is 24.8 Å². The lowest BCUT2D eigenvalue weighted by Crippen LogP contribution is -2.25. The molecule has 0 aliphatic heterocycles. The highest BCUT2D eigenvalue weighted by Gasteiger charge is 2.35. The second kappa shape index (κ2) is 3.90. The molecule has 0 unspecified atom stereocenters. The van der Waals surface area contributed by atoms with E-state index in [1.165, 1.54) is 7.11 Å². The minimum absolute atomic E-state index is 0.113. The molecule has 1 aliphatic carbocycles. The Morgan fingerprint density at radius 3 is 2.50 bits per heavy atom. The zero-order valence-electron chi connectivity index (χ0n) is 7.51. The van der Waals surface area contributed by atoms with Gasteiger partial charge in [0, 0.05) is 12.0 Å². The minimum Gasteiger partial charge on any atom is -0.469 e. The predicted molar refractivity (Wildman–Crippen MR) is 44.6 cm³/mol. The Labute approximate surface area is 72.7 Å². The fourth-order valence-electron chi connectivity index (χ4n) is 1.89. The van der Waals surface area contributed by atoms with Gasteiger partial charge in [0.05, 0.1) is 13.5 Å². The lowest BCUT2D eigenvalue weighted by molar-refractivity contribution is -0.144. The first-order chi connectivity index (χ1) is 5.72. The number of hydrogen-bond acceptors (Lipinski definition) is 3. The number of carbonyl (C=O) groups excluding carboxylic acids is 1. The average Bonchev–Trinajstić information content (AvgIpc) is 2.54. The van der Waals surface area contributed by atoms with E-state index in [4.69, 9.17) is 5.11 Å². The molecule has 0 atom stereocenters. The van der Waals surface area contributed by atoms with E-state index in [0.717, 1.165) is 25.7 Å². The van der Waals surface area contributed by atoms with E-state index in [1.807, 2.05) is 0 Å². The third-order valence-electron chi connectivity index (χ3n) is 2.75. The molecule has 0 saturated heterocycles. The number of ether oxygens (including phenoxy) is 1. The maximum absolute atomic E-state index is 11.0. The van der Waals surface area contributed by atoms with Crippen LogP contribution in [0.4, 0.5) is 0 Å². The summed E-state index contributed by atoms with van der Waals surface area (Å²) in [5, 5.41) is 9.15. The van der Waals surface area contributed by atoms with Crippen LogP contribution in [0.1, 0.15) is 32.1 Å². The van der Waals surface area contributed by atoms with Gasteiger partial charge in [-0.1, -0.05) is 12.8 Å². The van der Waals surface area contributed by atoms with Crippen molar-refractivity contribution < 1.29 is 14.6 Å². The number of carbonyl (C=O) groups is 1. The van der Waals surface area contributed by atoms with Gasteiger partial charge in [-0.15, -0.1) is 0 Å². The standard InChI is InChI=1S/C9H16O3/c1-12-8(11)6-9(7-10)4-2-3-5-9/h10H,2-7H2,1H3. The molecule has 0 aromatic carbocycles. The molecular weight excluding hydrogens is 156 g/mol. The topological polar surface area (TPSA) is 46.5 Å². The first kappa shape index (κ1) is 9.52. The largest absolute Gasteiger partial charge is 0.469 e. The molecule has 3 heteroatoms. The van der Waals surface area contributed by atoms with E-state index in [-0.39, 0.29) is 18.0 Å². The van der Waals surface area contributed by atoms with E-state index < -0.39 is 0 Å². The van der Waals surface area contributed by atoms with Gasteiger partial charge in [-0.3, -0.25) is 4.79 Å². The second-order valence-electron chi connectivity index (χ2n) is 3.62. The molecule has 1 rings (SSSR count). The third kappa shape index (κ3) is 1.97. The summed E-state index contributed by atoms with van der Waals surface area (Å²) in [7, 11) is 1.39. The molecule has 12 heavy (non-hydrogen) atoms. The lowest BCUT2D eigenvalue weighted by Gasteiger charge is -2.24. The molecule has 0 heterocycles. The molecule has 0 aromatic rings. The monoisotopic (exact) mass is 172 g/mol. The van der Waals surface area contributed by atoms with Crippen molar-refractivity contribution in [3.8, 4) is 0 Å². The maximum atomic E-state index is 11.0. The number of aliphatic hydroxyl groups is 1. The summed E-state index contributed by atoms with van der Waals surface area (Å²) >= 11 is 0. The number of rotatable bonds is 3. The van der Waals surface area contributed by atoms with Crippen molar-refractivity contribution in [2.24, 2.45) is 5.41 Å².